The first-order chi connectivity index (χ1) is 14.3. The van der Waals surface area contributed by atoms with Gasteiger partial charge in [-0.1, -0.05) is 5.16 Å². The second-order valence-electron chi connectivity index (χ2n) is 7.90. The minimum Gasteiger partial charge on any atom is -0.442 e. The number of nitrogens with one attached hydrogen (secondary N) is 1. The molecule has 1 aromatic carbocycles. The molecule has 2 saturated heterocycles. The lowest BCUT2D eigenvalue weighted by Gasteiger charge is -2.21. The average molecular weight is 422 g/mol. The molecule has 2 heterocycles. The number of hydrogen-bond acceptors (Lipinski definition) is 6. The number of rotatable bonds is 6. The first-order valence-corrected chi connectivity index (χ1v) is 9.99. The van der Waals surface area contributed by atoms with E-state index in [0.29, 0.717) is 19.7 Å². The van der Waals surface area contributed by atoms with E-state index < -0.39 is 23.8 Å². The third-order valence-corrected chi connectivity index (χ3v) is 5.69. The van der Waals surface area contributed by atoms with Crippen LogP contribution in [-0.4, -0.2) is 56.6 Å². The molecule has 0 unspecified atom stereocenters. The van der Waals surface area contributed by atoms with Crippen LogP contribution in [0.2, 0.25) is 0 Å². The number of carbonyl (C=O) groups is 2. The van der Waals surface area contributed by atoms with Gasteiger partial charge in [-0.2, -0.15) is 0 Å². The maximum absolute atomic E-state index is 15.0. The third kappa shape index (κ3) is 3.78. The number of amides is 2. The first-order valence-electron chi connectivity index (χ1n) is 9.99. The van der Waals surface area contributed by atoms with Crippen molar-refractivity contribution in [3.8, 4) is 0 Å². The number of cyclic esters (lactones) is 1. The van der Waals surface area contributed by atoms with Gasteiger partial charge in [-0.15, -0.1) is 0 Å². The summed E-state index contributed by atoms with van der Waals surface area (Å²) >= 11 is 0. The Morgan fingerprint density at radius 2 is 2.07 bits per heavy atom. The Kier molecular flexibility index (Phi) is 5.25. The molecule has 1 aromatic rings. The van der Waals surface area contributed by atoms with Gasteiger partial charge in [-0.25, -0.2) is 13.6 Å². The summed E-state index contributed by atoms with van der Waals surface area (Å²) in [6, 6.07) is 2.27. The van der Waals surface area contributed by atoms with Crippen LogP contribution >= 0.6 is 0 Å². The van der Waals surface area contributed by atoms with Crippen molar-refractivity contribution in [2.75, 3.05) is 42.6 Å². The van der Waals surface area contributed by atoms with Gasteiger partial charge in [0, 0.05) is 31.0 Å². The smallest absolute Gasteiger partial charge is 0.414 e. The monoisotopic (exact) mass is 422 g/mol. The highest BCUT2D eigenvalue weighted by molar-refractivity contribution is 5.99. The molecule has 3 fully saturated rings. The summed E-state index contributed by atoms with van der Waals surface area (Å²) in [7, 11) is 0. The standard InChI is InChI=1S/C20H24F2N4O4/c1-3-29-24-17-10-25(11-20(17)4-5-20)18-15(21)6-13(7-16(18)22)26-9-14(30-19(26)28)8-23-12(2)27/h6-7,14H,3-5,8-11H2,1-2H3,(H,23,27)/b24-17+/t14-/m0/s1. The van der Waals surface area contributed by atoms with E-state index >= 15 is 0 Å². The molecule has 10 heteroatoms. The lowest BCUT2D eigenvalue weighted by atomic mass is 10.1. The van der Waals surface area contributed by atoms with Crippen molar-refractivity contribution < 1.29 is 27.9 Å². The fourth-order valence-corrected chi connectivity index (χ4v) is 3.99. The fraction of sp³-hybridized carbons (Fsp3) is 0.550. The van der Waals surface area contributed by atoms with E-state index in [-0.39, 0.29) is 35.8 Å². The van der Waals surface area contributed by atoms with Crippen molar-refractivity contribution >= 4 is 29.1 Å². The van der Waals surface area contributed by atoms with Crippen LogP contribution in [0.1, 0.15) is 26.7 Å². The first kappa shape index (κ1) is 20.4. The summed E-state index contributed by atoms with van der Waals surface area (Å²) in [5, 5.41) is 6.71. The maximum Gasteiger partial charge on any atom is 0.414 e. The van der Waals surface area contributed by atoms with Crippen molar-refractivity contribution in [1.82, 2.24) is 5.32 Å². The summed E-state index contributed by atoms with van der Waals surface area (Å²) in [5.41, 5.74) is 0.612. The number of nitrogens with zero attached hydrogens (tertiary/aromatic N) is 3. The third-order valence-electron chi connectivity index (χ3n) is 5.69. The van der Waals surface area contributed by atoms with Crippen LogP contribution in [0, 0.1) is 17.0 Å². The van der Waals surface area contributed by atoms with Gasteiger partial charge in [0.25, 0.3) is 0 Å². The SMILES string of the molecule is CCO/N=C1\CN(c2c(F)cc(N3C[C@H](CNC(C)=O)OC3=O)cc2F)CC12CC2. The number of halogens is 2. The normalized spacial score (nSPS) is 23.3. The Bertz CT molecular complexity index is 880. The van der Waals surface area contributed by atoms with E-state index in [0.717, 1.165) is 35.6 Å². The zero-order valence-electron chi connectivity index (χ0n) is 16.9. The second-order valence-corrected chi connectivity index (χ2v) is 7.90. The van der Waals surface area contributed by atoms with Crippen LogP contribution in [0.4, 0.5) is 25.0 Å². The van der Waals surface area contributed by atoms with Crippen molar-refractivity contribution in [3.05, 3.63) is 23.8 Å². The molecule has 2 aliphatic heterocycles. The molecule has 0 aromatic heterocycles. The maximum atomic E-state index is 15.0. The van der Waals surface area contributed by atoms with E-state index in [9.17, 15) is 18.4 Å². The van der Waals surface area contributed by atoms with Crippen LogP contribution in [0.25, 0.3) is 0 Å². The number of hydrogen-bond donors (Lipinski definition) is 1. The predicted molar refractivity (Wildman–Crippen MR) is 106 cm³/mol. The summed E-state index contributed by atoms with van der Waals surface area (Å²) in [5.74, 6) is -1.76. The number of benzene rings is 1. The van der Waals surface area contributed by atoms with E-state index in [1.165, 1.54) is 6.92 Å². The molecule has 3 aliphatic rings. The predicted octanol–water partition coefficient (Wildman–Crippen LogP) is 2.42. The molecule has 0 radical (unpaired) electrons. The molecular weight excluding hydrogens is 398 g/mol. The van der Waals surface area contributed by atoms with Crippen LogP contribution < -0.4 is 15.1 Å². The molecule has 30 heavy (non-hydrogen) atoms. The number of carbonyl (C=O) groups excluding carboxylic acids is 2. The van der Waals surface area contributed by atoms with Gasteiger partial charge in [-0.3, -0.25) is 9.69 Å². The molecule has 162 valence electrons. The quantitative estimate of drug-likeness (QED) is 0.712. The van der Waals surface area contributed by atoms with E-state index in [1.54, 1.807) is 4.90 Å². The molecular formula is C20H24F2N4O4. The summed E-state index contributed by atoms with van der Waals surface area (Å²) < 4.78 is 35.1. The van der Waals surface area contributed by atoms with Crippen LogP contribution in [0.3, 0.4) is 0 Å². The topological polar surface area (TPSA) is 83.5 Å². The van der Waals surface area contributed by atoms with Crippen molar-refractivity contribution in [2.24, 2.45) is 10.6 Å². The van der Waals surface area contributed by atoms with Gasteiger partial charge in [0.05, 0.1) is 31.0 Å². The van der Waals surface area contributed by atoms with Gasteiger partial charge in [-0.05, 0) is 19.8 Å². The van der Waals surface area contributed by atoms with Gasteiger partial charge in [0.1, 0.15) is 18.4 Å². The molecule has 8 nitrogen and oxygen atoms in total. The minimum atomic E-state index is -0.753. The largest absolute Gasteiger partial charge is 0.442 e. The van der Waals surface area contributed by atoms with Gasteiger partial charge in [0.2, 0.25) is 5.91 Å². The Balaban J connectivity index is 1.52. The van der Waals surface area contributed by atoms with Crippen LogP contribution in [0.15, 0.2) is 17.3 Å². The van der Waals surface area contributed by atoms with Gasteiger partial charge >= 0.3 is 6.09 Å². The zero-order chi connectivity index (χ0) is 21.5. The molecule has 1 N–H and O–H groups in total. The highest BCUT2D eigenvalue weighted by atomic mass is 19.1. The highest BCUT2D eigenvalue weighted by Gasteiger charge is 2.54. The zero-order valence-corrected chi connectivity index (χ0v) is 16.9. The summed E-state index contributed by atoms with van der Waals surface area (Å²) in [6.07, 6.45) is 0.553. The Morgan fingerprint density at radius 3 is 2.67 bits per heavy atom. The Morgan fingerprint density at radius 1 is 1.37 bits per heavy atom. The van der Waals surface area contributed by atoms with Crippen LogP contribution in [0.5, 0.6) is 0 Å². The van der Waals surface area contributed by atoms with Gasteiger partial charge in [0.15, 0.2) is 11.6 Å². The van der Waals surface area contributed by atoms with E-state index in [2.05, 4.69) is 10.5 Å². The molecule has 1 aliphatic carbocycles. The molecule has 4 rings (SSSR count). The second kappa shape index (κ2) is 7.73. The minimum absolute atomic E-state index is 0.0765. The summed E-state index contributed by atoms with van der Waals surface area (Å²) in [6.45, 7) is 4.64. The lowest BCUT2D eigenvalue weighted by Crippen LogP contribution is -2.33. The van der Waals surface area contributed by atoms with E-state index in [4.69, 9.17) is 9.57 Å². The number of ether oxygens (including phenoxy) is 1. The Labute approximate surface area is 172 Å². The number of oxime groups is 1. The van der Waals surface area contributed by atoms with E-state index in [1.807, 2.05) is 6.92 Å². The lowest BCUT2D eigenvalue weighted by molar-refractivity contribution is -0.119. The number of anilines is 2. The summed E-state index contributed by atoms with van der Waals surface area (Å²) in [4.78, 5) is 31.1. The van der Waals surface area contributed by atoms with Crippen molar-refractivity contribution in [3.63, 3.8) is 0 Å². The van der Waals surface area contributed by atoms with Crippen LogP contribution in [-0.2, 0) is 14.4 Å². The van der Waals surface area contributed by atoms with Crippen molar-refractivity contribution in [1.29, 1.82) is 0 Å². The molecule has 0 bridgehead atoms. The molecule has 1 saturated carbocycles. The molecule has 1 spiro atoms. The fourth-order valence-electron chi connectivity index (χ4n) is 3.99. The Hall–Kier alpha value is -2.91. The molecule has 1 atom stereocenters. The van der Waals surface area contributed by atoms with Crippen molar-refractivity contribution in [2.45, 2.75) is 32.8 Å². The molecule has 2 amide bonds. The van der Waals surface area contributed by atoms with Gasteiger partial charge < -0.3 is 19.8 Å². The average Bonchev–Trinajstić information content (AvgIpc) is 3.22. The highest BCUT2D eigenvalue weighted by Crippen LogP contribution is 2.52.